The molecule has 0 amide bonds. The van der Waals surface area contributed by atoms with Crippen molar-refractivity contribution in [1.29, 1.82) is 0 Å². The van der Waals surface area contributed by atoms with Crippen LogP contribution in [0.5, 0.6) is 0 Å². The summed E-state index contributed by atoms with van der Waals surface area (Å²) in [5, 5.41) is 0. The van der Waals surface area contributed by atoms with Gasteiger partial charge in [0.05, 0.1) is 0 Å². The van der Waals surface area contributed by atoms with Gasteiger partial charge in [0.25, 0.3) is 0 Å². The van der Waals surface area contributed by atoms with E-state index >= 15 is 0 Å². The van der Waals surface area contributed by atoms with Gasteiger partial charge in [-0.05, 0) is 0 Å². The SMILES string of the molecule is C=Cn1occc1=NC.CC. The molecule has 0 aromatic carbocycles. The molecular formula is C8H14N2O. The zero-order valence-electron chi connectivity index (χ0n) is 7.24. The minimum absolute atomic E-state index is 0.769. The molecule has 0 saturated carbocycles. The second-order valence-corrected chi connectivity index (χ2v) is 1.50. The number of hydrogen-bond donors (Lipinski definition) is 0. The minimum Gasteiger partial charge on any atom is -0.381 e. The topological polar surface area (TPSA) is 30.4 Å². The smallest absolute Gasteiger partial charge is 0.166 e. The maximum atomic E-state index is 4.91. The van der Waals surface area contributed by atoms with Crippen LogP contribution in [-0.2, 0) is 0 Å². The first-order chi connectivity index (χ1) is 5.38. The largest absolute Gasteiger partial charge is 0.381 e. The quantitative estimate of drug-likeness (QED) is 0.606. The molecule has 0 unspecified atom stereocenters. The van der Waals surface area contributed by atoms with Crippen molar-refractivity contribution in [1.82, 2.24) is 4.74 Å². The van der Waals surface area contributed by atoms with Crippen LogP contribution in [0.4, 0.5) is 0 Å². The van der Waals surface area contributed by atoms with E-state index in [9.17, 15) is 0 Å². The van der Waals surface area contributed by atoms with Crippen molar-refractivity contribution in [3.05, 3.63) is 24.4 Å². The first-order valence-electron chi connectivity index (χ1n) is 3.60. The van der Waals surface area contributed by atoms with Gasteiger partial charge in [0, 0.05) is 19.3 Å². The molecule has 11 heavy (non-hydrogen) atoms. The number of rotatable bonds is 1. The third-order valence-corrected chi connectivity index (χ3v) is 1.01. The zero-order chi connectivity index (χ0) is 8.69. The van der Waals surface area contributed by atoms with E-state index in [2.05, 4.69) is 11.6 Å². The second-order valence-electron chi connectivity index (χ2n) is 1.50. The maximum Gasteiger partial charge on any atom is 0.166 e. The molecule has 0 atom stereocenters. The molecule has 1 rings (SSSR count). The highest BCUT2D eigenvalue weighted by molar-refractivity contribution is 5.10. The van der Waals surface area contributed by atoms with Crippen molar-refractivity contribution in [2.24, 2.45) is 4.99 Å². The Morgan fingerprint density at radius 1 is 1.64 bits per heavy atom. The van der Waals surface area contributed by atoms with Crippen molar-refractivity contribution in [2.45, 2.75) is 13.8 Å². The standard InChI is InChI=1S/C6H8N2O.C2H6/c1-3-8-6(7-2)4-5-9-8;1-2/h3-5H,1H2,2H3;1-2H3. The average molecular weight is 154 g/mol. The van der Waals surface area contributed by atoms with Crippen molar-refractivity contribution >= 4 is 6.20 Å². The fourth-order valence-electron chi connectivity index (χ4n) is 0.594. The highest BCUT2D eigenvalue weighted by atomic mass is 16.5. The van der Waals surface area contributed by atoms with Crippen LogP contribution in [0.25, 0.3) is 6.20 Å². The van der Waals surface area contributed by atoms with Crippen molar-refractivity contribution in [3.63, 3.8) is 0 Å². The van der Waals surface area contributed by atoms with Gasteiger partial charge in [-0.2, -0.15) is 4.74 Å². The molecule has 0 aliphatic rings. The Labute approximate surface area is 66.6 Å². The highest BCUT2D eigenvalue weighted by Gasteiger charge is 1.85. The third-order valence-electron chi connectivity index (χ3n) is 1.01. The van der Waals surface area contributed by atoms with Crippen LogP contribution in [0.2, 0.25) is 0 Å². The monoisotopic (exact) mass is 154 g/mol. The van der Waals surface area contributed by atoms with Crippen molar-refractivity contribution in [3.8, 4) is 0 Å². The van der Waals surface area contributed by atoms with E-state index in [0.717, 1.165) is 5.49 Å². The van der Waals surface area contributed by atoms with Crippen LogP contribution in [-0.4, -0.2) is 11.8 Å². The van der Waals surface area contributed by atoms with E-state index in [1.54, 1.807) is 25.6 Å². The fourth-order valence-corrected chi connectivity index (χ4v) is 0.594. The number of nitrogens with zero attached hydrogens (tertiary/aromatic N) is 2. The summed E-state index contributed by atoms with van der Waals surface area (Å²) in [6.07, 6.45) is 3.12. The zero-order valence-corrected chi connectivity index (χ0v) is 7.24. The van der Waals surface area contributed by atoms with Crippen molar-refractivity contribution < 1.29 is 4.52 Å². The van der Waals surface area contributed by atoms with Crippen LogP contribution in [0.3, 0.4) is 0 Å². The van der Waals surface area contributed by atoms with Gasteiger partial charge in [0.2, 0.25) is 0 Å². The van der Waals surface area contributed by atoms with Gasteiger partial charge in [-0.25, -0.2) is 0 Å². The predicted molar refractivity (Wildman–Crippen MR) is 45.9 cm³/mol. The Hall–Kier alpha value is -1.25. The van der Waals surface area contributed by atoms with Gasteiger partial charge < -0.3 is 4.52 Å². The molecule has 0 saturated heterocycles. The lowest BCUT2D eigenvalue weighted by atomic mass is 10.7. The normalized spacial score (nSPS) is 10.3. The van der Waals surface area contributed by atoms with E-state index in [4.69, 9.17) is 4.52 Å². The number of aromatic nitrogens is 1. The molecule has 1 heterocycles. The molecule has 1 aromatic rings. The lowest BCUT2D eigenvalue weighted by molar-refractivity contribution is 0.352. The predicted octanol–water partition coefficient (Wildman–Crippen LogP) is 1.74. The van der Waals surface area contributed by atoms with Gasteiger partial charge in [-0.3, -0.25) is 4.99 Å². The molecular weight excluding hydrogens is 140 g/mol. The fraction of sp³-hybridized carbons (Fsp3) is 0.375. The average Bonchev–Trinajstić information content (AvgIpc) is 2.54. The lowest BCUT2D eigenvalue weighted by Crippen LogP contribution is -2.08. The summed E-state index contributed by atoms with van der Waals surface area (Å²) in [7, 11) is 1.70. The summed E-state index contributed by atoms with van der Waals surface area (Å²) < 4.78 is 6.40. The summed E-state index contributed by atoms with van der Waals surface area (Å²) >= 11 is 0. The van der Waals surface area contributed by atoms with Crippen molar-refractivity contribution in [2.75, 3.05) is 7.05 Å². The molecule has 0 fully saturated rings. The molecule has 3 nitrogen and oxygen atoms in total. The molecule has 62 valence electrons. The van der Waals surface area contributed by atoms with Gasteiger partial charge >= 0.3 is 0 Å². The lowest BCUT2D eigenvalue weighted by Gasteiger charge is -1.85. The summed E-state index contributed by atoms with van der Waals surface area (Å²) in [6.45, 7) is 7.52. The summed E-state index contributed by atoms with van der Waals surface area (Å²) in [5.41, 5.74) is 0.769. The Kier molecular flexibility index (Phi) is 4.90. The Morgan fingerprint density at radius 2 is 2.27 bits per heavy atom. The Bertz CT molecular complexity index is 257. The van der Waals surface area contributed by atoms with E-state index in [0.29, 0.717) is 0 Å². The second kappa shape index (κ2) is 5.53. The molecule has 0 spiro atoms. The first kappa shape index (κ1) is 9.75. The molecule has 0 aliphatic heterocycles. The first-order valence-corrected chi connectivity index (χ1v) is 3.60. The van der Waals surface area contributed by atoms with Crippen LogP contribution < -0.4 is 5.49 Å². The maximum absolute atomic E-state index is 4.91. The van der Waals surface area contributed by atoms with E-state index in [-0.39, 0.29) is 0 Å². The van der Waals surface area contributed by atoms with Gasteiger partial charge in [0.15, 0.2) is 5.49 Å². The van der Waals surface area contributed by atoms with Gasteiger partial charge in [-0.1, -0.05) is 20.4 Å². The summed E-state index contributed by atoms with van der Waals surface area (Å²) in [6, 6.07) is 1.77. The molecule has 0 bridgehead atoms. The molecule has 0 radical (unpaired) electrons. The minimum atomic E-state index is 0.769. The Morgan fingerprint density at radius 3 is 2.64 bits per heavy atom. The van der Waals surface area contributed by atoms with E-state index in [1.165, 1.54) is 4.74 Å². The third kappa shape index (κ3) is 2.45. The van der Waals surface area contributed by atoms with Crippen LogP contribution in [0, 0.1) is 0 Å². The van der Waals surface area contributed by atoms with E-state index < -0.39 is 0 Å². The Balaban J connectivity index is 0.000000461. The molecule has 1 aromatic heterocycles. The van der Waals surface area contributed by atoms with Crippen LogP contribution >= 0.6 is 0 Å². The van der Waals surface area contributed by atoms with Crippen LogP contribution in [0.15, 0.2) is 28.4 Å². The highest BCUT2D eigenvalue weighted by Crippen LogP contribution is 1.79. The van der Waals surface area contributed by atoms with Gasteiger partial charge in [-0.15, -0.1) is 0 Å². The molecule has 3 heteroatoms. The van der Waals surface area contributed by atoms with Gasteiger partial charge in [0.1, 0.15) is 6.26 Å². The van der Waals surface area contributed by atoms with Crippen LogP contribution in [0.1, 0.15) is 13.8 Å². The molecule has 0 N–H and O–H groups in total. The summed E-state index contributed by atoms with van der Waals surface area (Å²) in [5.74, 6) is 0. The van der Waals surface area contributed by atoms with E-state index in [1.807, 2.05) is 13.8 Å². The summed E-state index contributed by atoms with van der Waals surface area (Å²) in [4.78, 5) is 3.90. The molecule has 0 aliphatic carbocycles. The number of hydrogen-bond acceptors (Lipinski definition) is 2.